The Bertz CT molecular complexity index is 768. The van der Waals surface area contributed by atoms with Gasteiger partial charge >= 0.3 is 0 Å². The van der Waals surface area contributed by atoms with Crippen molar-refractivity contribution in [3.8, 4) is 0 Å². The number of anilines is 1. The minimum absolute atomic E-state index is 0.570. The molecule has 1 saturated heterocycles. The van der Waals surface area contributed by atoms with Gasteiger partial charge in [0.05, 0.1) is 21.8 Å². The van der Waals surface area contributed by atoms with Crippen LogP contribution in [0.1, 0.15) is 5.56 Å². The lowest BCUT2D eigenvalue weighted by atomic mass is 10.1. The molecule has 4 heteroatoms. The Balaban J connectivity index is 1.53. The van der Waals surface area contributed by atoms with E-state index in [2.05, 4.69) is 40.2 Å². The van der Waals surface area contributed by atoms with Gasteiger partial charge in [-0.2, -0.15) is 0 Å². The monoisotopic (exact) mass is 300 g/mol. The average Bonchev–Trinajstić information content (AvgIpc) is 3.07. The van der Waals surface area contributed by atoms with Crippen molar-refractivity contribution in [2.75, 3.05) is 11.4 Å². The lowest BCUT2D eigenvalue weighted by Gasteiger charge is -2.07. The number of fused-ring (bicyclic) bond motifs is 1. The molecule has 1 atom stereocenters. The lowest BCUT2D eigenvalue weighted by molar-refractivity contribution is 0.959. The largest absolute Gasteiger partial charge is 0.364 e. The maximum atomic E-state index is 6.23. The molecular formula is C16H13ClN2S. The van der Waals surface area contributed by atoms with Gasteiger partial charge in [0.1, 0.15) is 0 Å². The topological polar surface area (TPSA) is 15.9 Å². The first kappa shape index (κ1) is 12.2. The van der Waals surface area contributed by atoms with Crippen LogP contribution in [0.4, 0.5) is 5.69 Å². The van der Waals surface area contributed by atoms with E-state index in [4.69, 9.17) is 11.6 Å². The van der Waals surface area contributed by atoms with E-state index < -0.39 is 0 Å². The van der Waals surface area contributed by atoms with E-state index in [1.54, 1.807) is 11.3 Å². The number of hydrogen-bond donors (Lipinski definition) is 0. The van der Waals surface area contributed by atoms with Gasteiger partial charge in [0.15, 0.2) is 0 Å². The third-order valence-corrected chi connectivity index (χ3v) is 4.93. The maximum Gasteiger partial charge on any atom is 0.0813 e. The number of benzene rings is 2. The number of thiazole rings is 1. The highest BCUT2D eigenvalue weighted by Gasteiger charge is 2.34. The van der Waals surface area contributed by atoms with Crippen molar-refractivity contribution >= 4 is 38.8 Å². The standard InChI is InChI=1S/C16H13ClN2S/c17-14-4-2-1-3-11(14)7-13-9-19(13)12-5-6-15-16(8-12)20-10-18-15/h1-6,8,10,13H,7,9H2. The van der Waals surface area contributed by atoms with Gasteiger partial charge in [0, 0.05) is 17.3 Å². The third kappa shape index (κ3) is 2.17. The summed E-state index contributed by atoms with van der Waals surface area (Å²) in [5, 5.41) is 0.872. The van der Waals surface area contributed by atoms with E-state index in [1.807, 2.05) is 17.6 Å². The highest BCUT2D eigenvalue weighted by molar-refractivity contribution is 7.16. The highest BCUT2D eigenvalue weighted by atomic mass is 35.5. The Labute approximate surface area is 126 Å². The van der Waals surface area contributed by atoms with Gasteiger partial charge in [-0.1, -0.05) is 29.8 Å². The Morgan fingerprint density at radius 2 is 2.15 bits per heavy atom. The van der Waals surface area contributed by atoms with Crippen LogP contribution in [0, 0.1) is 0 Å². The number of nitrogens with zero attached hydrogens (tertiary/aromatic N) is 2. The molecule has 0 radical (unpaired) electrons. The molecule has 100 valence electrons. The summed E-state index contributed by atoms with van der Waals surface area (Å²) < 4.78 is 1.26. The zero-order chi connectivity index (χ0) is 13.5. The van der Waals surface area contributed by atoms with Gasteiger partial charge in [-0.15, -0.1) is 11.3 Å². The second kappa shape index (κ2) is 4.76. The van der Waals surface area contributed by atoms with Crippen molar-refractivity contribution < 1.29 is 0 Å². The fraction of sp³-hybridized carbons (Fsp3) is 0.188. The first-order valence-corrected chi connectivity index (χ1v) is 7.90. The molecule has 1 aliphatic rings. The van der Waals surface area contributed by atoms with Crippen molar-refractivity contribution in [2.24, 2.45) is 0 Å². The van der Waals surface area contributed by atoms with Crippen LogP contribution in [0.25, 0.3) is 10.2 Å². The molecule has 1 aromatic heterocycles. The van der Waals surface area contributed by atoms with E-state index in [1.165, 1.54) is 16.0 Å². The van der Waals surface area contributed by atoms with Crippen LogP contribution in [0.2, 0.25) is 5.02 Å². The van der Waals surface area contributed by atoms with Crippen molar-refractivity contribution in [2.45, 2.75) is 12.5 Å². The van der Waals surface area contributed by atoms with Crippen LogP contribution in [0.3, 0.4) is 0 Å². The van der Waals surface area contributed by atoms with Gasteiger partial charge in [-0.3, -0.25) is 0 Å². The summed E-state index contributed by atoms with van der Waals surface area (Å²) in [4.78, 5) is 6.74. The van der Waals surface area contributed by atoms with E-state index in [-0.39, 0.29) is 0 Å². The predicted octanol–water partition coefficient (Wildman–Crippen LogP) is 4.38. The lowest BCUT2D eigenvalue weighted by Crippen LogP contribution is -2.02. The molecule has 0 saturated carbocycles. The highest BCUT2D eigenvalue weighted by Crippen LogP contribution is 2.34. The summed E-state index contributed by atoms with van der Waals surface area (Å²) in [5.74, 6) is 0. The van der Waals surface area contributed by atoms with Gasteiger partial charge in [-0.05, 0) is 36.2 Å². The first-order valence-electron chi connectivity index (χ1n) is 6.64. The molecule has 2 aromatic carbocycles. The van der Waals surface area contributed by atoms with Gasteiger partial charge in [-0.25, -0.2) is 4.98 Å². The second-order valence-electron chi connectivity index (χ2n) is 5.11. The molecule has 0 N–H and O–H groups in total. The summed E-state index contributed by atoms with van der Waals surface area (Å²) in [6.45, 7) is 1.11. The van der Waals surface area contributed by atoms with E-state index in [0.29, 0.717) is 6.04 Å². The van der Waals surface area contributed by atoms with Crippen molar-refractivity contribution in [3.05, 3.63) is 58.6 Å². The SMILES string of the molecule is Clc1ccccc1CC1CN1c1ccc2ncsc2c1. The Morgan fingerprint density at radius 1 is 1.25 bits per heavy atom. The summed E-state index contributed by atoms with van der Waals surface area (Å²) in [6, 6.07) is 15.2. The molecule has 2 heterocycles. The van der Waals surface area contributed by atoms with Gasteiger partial charge in [0.2, 0.25) is 0 Å². The normalized spacial score (nSPS) is 17.6. The number of rotatable bonds is 3. The number of hydrogen-bond acceptors (Lipinski definition) is 3. The minimum Gasteiger partial charge on any atom is -0.364 e. The Morgan fingerprint density at radius 3 is 3.05 bits per heavy atom. The van der Waals surface area contributed by atoms with Crippen molar-refractivity contribution in [3.63, 3.8) is 0 Å². The molecule has 1 unspecified atom stereocenters. The molecule has 0 aliphatic carbocycles. The Kier molecular flexibility index (Phi) is 2.90. The van der Waals surface area contributed by atoms with Crippen LogP contribution in [-0.2, 0) is 6.42 Å². The first-order chi connectivity index (χ1) is 9.81. The van der Waals surface area contributed by atoms with Gasteiger partial charge < -0.3 is 4.90 Å². The maximum absolute atomic E-state index is 6.23. The fourth-order valence-electron chi connectivity index (χ4n) is 2.61. The summed E-state index contributed by atoms with van der Waals surface area (Å²) in [7, 11) is 0. The molecule has 0 bridgehead atoms. The number of aromatic nitrogens is 1. The van der Waals surface area contributed by atoms with Crippen molar-refractivity contribution in [1.29, 1.82) is 0 Å². The van der Waals surface area contributed by atoms with Gasteiger partial charge in [0.25, 0.3) is 0 Å². The molecular weight excluding hydrogens is 288 g/mol. The van der Waals surface area contributed by atoms with Crippen LogP contribution in [-0.4, -0.2) is 17.6 Å². The van der Waals surface area contributed by atoms with Crippen LogP contribution in [0.15, 0.2) is 48.0 Å². The fourth-order valence-corrected chi connectivity index (χ4v) is 3.53. The smallest absolute Gasteiger partial charge is 0.0813 e. The molecule has 4 rings (SSSR count). The molecule has 1 aliphatic heterocycles. The number of halogens is 1. The van der Waals surface area contributed by atoms with E-state index in [0.717, 1.165) is 23.5 Å². The minimum atomic E-state index is 0.570. The predicted molar refractivity (Wildman–Crippen MR) is 85.9 cm³/mol. The summed E-state index contributed by atoms with van der Waals surface area (Å²) >= 11 is 7.92. The zero-order valence-electron chi connectivity index (χ0n) is 10.8. The molecule has 20 heavy (non-hydrogen) atoms. The molecule has 1 fully saturated rings. The van der Waals surface area contributed by atoms with E-state index >= 15 is 0 Å². The van der Waals surface area contributed by atoms with Crippen LogP contribution in [0.5, 0.6) is 0 Å². The van der Waals surface area contributed by atoms with Crippen LogP contribution >= 0.6 is 22.9 Å². The quantitative estimate of drug-likeness (QED) is 0.667. The average molecular weight is 301 g/mol. The third-order valence-electron chi connectivity index (χ3n) is 3.77. The van der Waals surface area contributed by atoms with E-state index in [9.17, 15) is 0 Å². The molecule has 2 nitrogen and oxygen atoms in total. The zero-order valence-corrected chi connectivity index (χ0v) is 12.4. The van der Waals surface area contributed by atoms with Crippen LogP contribution < -0.4 is 4.90 Å². The van der Waals surface area contributed by atoms with Crippen molar-refractivity contribution in [1.82, 2.24) is 4.98 Å². The Hall–Kier alpha value is -1.58. The molecule has 0 spiro atoms. The molecule has 3 aromatic rings. The summed E-state index contributed by atoms with van der Waals surface area (Å²) in [5.41, 5.74) is 5.51. The summed E-state index contributed by atoms with van der Waals surface area (Å²) in [6.07, 6.45) is 1.01. The molecule has 0 amide bonds. The second-order valence-corrected chi connectivity index (χ2v) is 6.40.